The highest BCUT2D eigenvalue weighted by Crippen LogP contribution is 2.41. The fourth-order valence-electron chi connectivity index (χ4n) is 4.06. The topological polar surface area (TPSA) is 94.0 Å². The Bertz CT molecular complexity index is 1450. The molecule has 38 heavy (non-hydrogen) atoms. The lowest BCUT2D eigenvalue weighted by Crippen LogP contribution is -2.32. The molecule has 0 radical (unpaired) electrons. The maximum absolute atomic E-state index is 15.0. The number of benzene rings is 3. The van der Waals surface area contributed by atoms with E-state index in [-0.39, 0.29) is 28.4 Å². The van der Waals surface area contributed by atoms with E-state index in [0.29, 0.717) is 28.0 Å². The number of allylic oxidation sites excluding steroid dienone is 2. The summed E-state index contributed by atoms with van der Waals surface area (Å²) in [5.74, 6) is -2.18. The molecule has 1 aliphatic heterocycles. The zero-order valence-electron chi connectivity index (χ0n) is 20.4. The summed E-state index contributed by atoms with van der Waals surface area (Å²) in [6, 6.07) is 24.3. The van der Waals surface area contributed by atoms with Crippen LogP contribution in [0.5, 0.6) is 0 Å². The van der Waals surface area contributed by atoms with Crippen molar-refractivity contribution in [2.75, 3.05) is 11.1 Å². The van der Waals surface area contributed by atoms with Crippen molar-refractivity contribution in [3.8, 4) is 6.07 Å². The van der Waals surface area contributed by atoms with Crippen LogP contribution in [-0.2, 0) is 16.1 Å². The van der Waals surface area contributed by atoms with Gasteiger partial charge in [0.25, 0.3) is 5.91 Å². The average Bonchev–Trinajstić information content (AvgIpc) is 2.92. The number of nitrogens with one attached hydrogen (secondary N) is 3. The van der Waals surface area contributed by atoms with Crippen LogP contribution in [0, 0.1) is 17.1 Å². The Labute approximate surface area is 229 Å². The van der Waals surface area contributed by atoms with Crippen molar-refractivity contribution in [2.45, 2.75) is 19.4 Å². The SMILES string of the molecule is CC1=C(C(=O)Nc2ccc(Cl)cc2)[C@H](c2ccccc2F)C(C#N)=C(SCC(=O)NCc2ccccc2)N1. The van der Waals surface area contributed by atoms with Gasteiger partial charge in [-0.05, 0) is 42.8 Å². The van der Waals surface area contributed by atoms with Gasteiger partial charge in [0.05, 0.1) is 28.3 Å². The first-order valence-corrected chi connectivity index (χ1v) is 13.1. The zero-order valence-corrected chi connectivity index (χ0v) is 22.0. The Morgan fingerprint density at radius 2 is 1.74 bits per heavy atom. The minimum absolute atomic E-state index is 0.0317. The Morgan fingerprint density at radius 1 is 1.05 bits per heavy atom. The number of carbonyl (C=O) groups excluding carboxylic acids is 2. The maximum Gasteiger partial charge on any atom is 0.254 e. The van der Waals surface area contributed by atoms with Crippen molar-refractivity contribution in [1.29, 1.82) is 5.26 Å². The molecule has 0 spiro atoms. The summed E-state index contributed by atoms with van der Waals surface area (Å²) in [7, 11) is 0. The summed E-state index contributed by atoms with van der Waals surface area (Å²) < 4.78 is 15.0. The Kier molecular flexibility index (Phi) is 8.85. The van der Waals surface area contributed by atoms with Gasteiger partial charge in [-0.25, -0.2) is 4.39 Å². The average molecular weight is 547 g/mol. The summed E-state index contributed by atoms with van der Waals surface area (Å²) in [4.78, 5) is 26.0. The van der Waals surface area contributed by atoms with Gasteiger partial charge in [0.15, 0.2) is 0 Å². The molecule has 0 bridgehead atoms. The highest BCUT2D eigenvalue weighted by atomic mass is 35.5. The van der Waals surface area contributed by atoms with E-state index in [9.17, 15) is 14.9 Å². The highest BCUT2D eigenvalue weighted by molar-refractivity contribution is 8.03. The van der Waals surface area contributed by atoms with E-state index in [1.807, 2.05) is 30.3 Å². The third-order valence-electron chi connectivity index (χ3n) is 5.89. The second-order valence-electron chi connectivity index (χ2n) is 8.48. The number of thioether (sulfide) groups is 1. The normalized spacial score (nSPS) is 14.9. The molecule has 3 aromatic carbocycles. The number of dihydropyridines is 1. The summed E-state index contributed by atoms with van der Waals surface area (Å²) in [6.07, 6.45) is 0. The molecule has 192 valence electrons. The zero-order chi connectivity index (χ0) is 27.1. The number of rotatable bonds is 8. The van der Waals surface area contributed by atoms with Crippen molar-refractivity contribution in [1.82, 2.24) is 10.6 Å². The van der Waals surface area contributed by atoms with E-state index in [2.05, 4.69) is 22.0 Å². The number of carbonyl (C=O) groups is 2. The Balaban J connectivity index is 1.60. The molecular formula is C29H24ClFN4O2S. The number of anilines is 1. The molecule has 0 saturated heterocycles. The lowest BCUT2D eigenvalue weighted by Gasteiger charge is -2.30. The quantitative estimate of drug-likeness (QED) is 0.329. The fraction of sp³-hybridized carbons (Fsp3) is 0.138. The van der Waals surface area contributed by atoms with Crippen LogP contribution in [0.3, 0.4) is 0 Å². The first-order valence-electron chi connectivity index (χ1n) is 11.7. The van der Waals surface area contributed by atoms with Crippen LogP contribution < -0.4 is 16.0 Å². The third kappa shape index (κ3) is 6.43. The van der Waals surface area contributed by atoms with Crippen molar-refractivity contribution in [2.24, 2.45) is 0 Å². The summed E-state index contributed by atoms with van der Waals surface area (Å²) in [5.41, 5.74) is 2.48. The summed E-state index contributed by atoms with van der Waals surface area (Å²) >= 11 is 7.08. The van der Waals surface area contributed by atoms with E-state index in [4.69, 9.17) is 11.6 Å². The van der Waals surface area contributed by atoms with Gasteiger partial charge in [-0.15, -0.1) is 0 Å². The summed E-state index contributed by atoms with van der Waals surface area (Å²) in [5, 5.41) is 19.8. The van der Waals surface area contributed by atoms with E-state index >= 15 is 4.39 Å². The van der Waals surface area contributed by atoms with E-state index in [0.717, 1.165) is 17.3 Å². The number of halogens is 2. The first-order chi connectivity index (χ1) is 18.4. The molecule has 6 nitrogen and oxygen atoms in total. The van der Waals surface area contributed by atoms with Crippen LogP contribution in [-0.4, -0.2) is 17.6 Å². The van der Waals surface area contributed by atoms with Crippen LogP contribution in [0.25, 0.3) is 0 Å². The minimum atomic E-state index is -0.968. The highest BCUT2D eigenvalue weighted by Gasteiger charge is 2.36. The van der Waals surface area contributed by atoms with Gasteiger partial charge in [0, 0.05) is 34.1 Å². The van der Waals surface area contributed by atoms with Gasteiger partial charge in [-0.2, -0.15) is 5.26 Å². The van der Waals surface area contributed by atoms with Gasteiger partial charge in [-0.3, -0.25) is 9.59 Å². The molecule has 4 rings (SSSR count). The molecular weight excluding hydrogens is 523 g/mol. The Hall–Kier alpha value is -4.06. The minimum Gasteiger partial charge on any atom is -0.353 e. The van der Waals surface area contributed by atoms with Crippen molar-refractivity contribution in [3.05, 3.63) is 123 Å². The van der Waals surface area contributed by atoms with E-state index in [1.165, 1.54) is 6.07 Å². The largest absolute Gasteiger partial charge is 0.353 e. The number of nitriles is 1. The predicted octanol–water partition coefficient (Wildman–Crippen LogP) is 5.86. The molecule has 0 unspecified atom stereocenters. The van der Waals surface area contributed by atoms with Gasteiger partial charge >= 0.3 is 0 Å². The fourth-order valence-corrected chi connectivity index (χ4v) is 5.11. The molecule has 1 atom stereocenters. The number of amides is 2. The third-order valence-corrected chi connectivity index (χ3v) is 7.16. The smallest absolute Gasteiger partial charge is 0.254 e. The van der Waals surface area contributed by atoms with Crippen LogP contribution in [0.2, 0.25) is 5.02 Å². The molecule has 3 N–H and O–H groups in total. The second kappa shape index (κ2) is 12.5. The van der Waals surface area contributed by atoms with Crippen LogP contribution in [0.4, 0.5) is 10.1 Å². The van der Waals surface area contributed by atoms with Gasteiger partial charge in [0.2, 0.25) is 5.91 Å². The molecule has 3 aromatic rings. The van der Waals surface area contributed by atoms with Crippen molar-refractivity contribution < 1.29 is 14.0 Å². The lowest BCUT2D eigenvalue weighted by molar-refractivity contribution is -0.118. The van der Waals surface area contributed by atoms with E-state index in [1.54, 1.807) is 49.4 Å². The van der Waals surface area contributed by atoms with Gasteiger partial charge < -0.3 is 16.0 Å². The first kappa shape index (κ1) is 27.0. The van der Waals surface area contributed by atoms with Crippen LogP contribution >= 0.6 is 23.4 Å². The van der Waals surface area contributed by atoms with Gasteiger partial charge in [-0.1, -0.05) is 71.9 Å². The molecule has 0 saturated carbocycles. The second-order valence-corrected chi connectivity index (χ2v) is 9.91. The molecule has 2 amide bonds. The predicted molar refractivity (Wildman–Crippen MR) is 148 cm³/mol. The van der Waals surface area contributed by atoms with Crippen LogP contribution in [0.15, 0.2) is 101 Å². The molecule has 1 aliphatic rings. The lowest BCUT2D eigenvalue weighted by atomic mass is 9.82. The molecule has 9 heteroatoms. The Morgan fingerprint density at radius 3 is 2.42 bits per heavy atom. The van der Waals surface area contributed by atoms with Gasteiger partial charge in [0.1, 0.15) is 5.82 Å². The van der Waals surface area contributed by atoms with Crippen LogP contribution in [0.1, 0.15) is 24.0 Å². The maximum atomic E-state index is 15.0. The number of hydrogen-bond donors (Lipinski definition) is 3. The standard InChI is InChI=1S/C29H24ClFN4O2S/c1-18-26(28(37)35-21-13-11-20(30)12-14-21)27(22-9-5-6-10-24(22)31)23(15-32)29(34-18)38-17-25(36)33-16-19-7-3-2-4-8-19/h2-14,27,34H,16-17H2,1H3,(H,33,36)(H,35,37)/t27-/m1/s1. The van der Waals surface area contributed by atoms with Crippen molar-refractivity contribution in [3.63, 3.8) is 0 Å². The molecule has 0 aromatic heterocycles. The number of nitrogens with zero attached hydrogens (tertiary/aromatic N) is 1. The molecule has 0 fully saturated rings. The van der Waals surface area contributed by atoms with Crippen molar-refractivity contribution >= 4 is 40.9 Å². The summed E-state index contributed by atoms with van der Waals surface area (Å²) in [6.45, 7) is 2.07. The van der Waals surface area contributed by atoms with E-state index < -0.39 is 17.6 Å². The molecule has 1 heterocycles. The number of hydrogen-bond acceptors (Lipinski definition) is 5. The molecule has 0 aliphatic carbocycles. The monoisotopic (exact) mass is 546 g/mol.